The SMILES string of the molecule is FC(F)(F)c1ccc(C2OCCCC2CCl)cc1. The minimum Gasteiger partial charge on any atom is -0.373 e. The molecule has 1 aliphatic heterocycles. The third kappa shape index (κ3) is 2.98. The first-order chi connectivity index (χ1) is 8.52. The van der Waals surface area contributed by atoms with Crippen molar-refractivity contribution in [2.45, 2.75) is 25.1 Å². The summed E-state index contributed by atoms with van der Waals surface area (Å²) in [5.41, 5.74) is 0.137. The molecule has 2 rings (SSSR count). The Morgan fingerprint density at radius 3 is 2.44 bits per heavy atom. The molecule has 2 unspecified atom stereocenters. The first kappa shape index (κ1) is 13.7. The van der Waals surface area contributed by atoms with Gasteiger partial charge in [0.15, 0.2) is 0 Å². The molecule has 0 amide bonds. The number of rotatable bonds is 2. The van der Waals surface area contributed by atoms with Gasteiger partial charge in [-0.3, -0.25) is 0 Å². The molecule has 0 saturated carbocycles. The minimum atomic E-state index is -4.29. The summed E-state index contributed by atoms with van der Waals surface area (Å²) in [4.78, 5) is 0. The first-order valence-corrected chi connectivity index (χ1v) is 6.40. The number of halogens is 4. The molecule has 1 aromatic carbocycles. The summed E-state index contributed by atoms with van der Waals surface area (Å²) in [6, 6.07) is 5.16. The van der Waals surface area contributed by atoms with Gasteiger partial charge >= 0.3 is 6.18 Å². The Morgan fingerprint density at radius 2 is 1.89 bits per heavy atom. The second-order valence-corrected chi connectivity index (χ2v) is 4.78. The highest BCUT2D eigenvalue weighted by Gasteiger charge is 2.31. The quantitative estimate of drug-likeness (QED) is 0.728. The van der Waals surface area contributed by atoms with E-state index in [9.17, 15) is 13.2 Å². The average Bonchev–Trinajstić information content (AvgIpc) is 2.38. The van der Waals surface area contributed by atoms with Crippen molar-refractivity contribution in [2.75, 3.05) is 12.5 Å². The lowest BCUT2D eigenvalue weighted by atomic mass is 9.90. The molecular formula is C13H14ClF3O. The fourth-order valence-corrected chi connectivity index (χ4v) is 2.55. The van der Waals surface area contributed by atoms with Crippen LogP contribution in [0.1, 0.15) is 30.1 Å². The zero-order valence-corrected chi connectivity index (χ0v) is 10.5. The van der Waals surface area contributed by atoms with Crippen LogP contribution in [0.3, 0.4) is 0 Å². The molecule has 0 aliphatic carbocycles. The lowest BCUT2D eigenvalue weighted by molar-refractivity contribution is -0.137. The molecule has 1 aliphatic rings. The largest absolute Gasteiger partial charge is 0.416 e. The summed E-state index contributed by atoms with van der Waals surface area (Å²) < 4.78 is 43.0. The highest BCUT2D eigenvalue weighted by molar-refractivity contribution is 6.18. The summed E-state index contributed by atoms with van der Waals surface area (Å²) in [6.45, 7) is 0.638. The highest BCUT2D eigenvalue weighted by atomic mass is 35.5. The van der Waals surface area contributed by atoms with Crippen molar-refractivity contribution in [3.63, 3.8) is 0 Å². The Balaban J connectivity index is 2.18. The van der Waals surface area contributed by atoms with Gasteiger partial charge in [0.05, 0.1) is 11.7 Å². The monoisotopic (exact) mass is 278 g/mol. The van der Waals surface area contributed by atoms with Crippen molar-refractivity contribution in [1.82, 2.24) is 0 Å². The summed E-state index contributed by atoms with van der Waals surface area (Å²) >= 11 is 5.87. The lowest BCUT2D eigenvalue weighted by Crippen LogP contribution is -2.23. The predicted molar refractivity (Wildman–Crippen MR) is 63.6 cm³/mol. The van der Waals surface area contributed by atoms with E-state index in [1.54, 1.807) is 0 Å². The van der Waals surface area contributed by atoms with Gasteiger partial charge in [0.2, 0.25) is 0 Å². The first-order valence-electron chi connectivity index (χ1n) is 5.87. The molecule has 0 bridgehead atoms. The predicted octanol–water partition coefficient (Wildman–Crippen LogP) is 4.41. The molecule has 0 spiro atoms. The second kappa shape index (κ2) is 5.49. The maximum atomic E-state index is 12.5. The number of alkyl halides is 4. The lowest BCUT2D eigenvalue weighted by Gasteiger charge is -2.30. The molecule has 1 aromatic rings. The Kier molecular flexibility index (Phi) is 4.17. The number of ether oxygens (including phenoxy) is 1. The van der Waals surface area contributed by atoms with Crippen molar-refractivity contribution < 1.29 is 17.9 Å². The Bertz CT molecular complexity index is 388. The zero-order chi connectivity index (χ0) is 13.2. The molecule has 1 heterocycles. The van der Waals surface area contributed by atoms with Crippen LogP contribution in [0, 0.1) is 5.92 Å². The number of hydrogen-bond acceptors (Lipinski definition) is 1. The second-order valence-electron chi connectivity index (χ2n) is 4.47. The van der Waals surface area contributed by atoms with Gasteiger partial charge < -0.3 is 4.74 Å². The minimum absolute atomic E-state index is 0.178. The van der Waals surface area contributed by atoms with E-state index in [4.69, 9.17) is 16.3 Å². The van der Waals surface area contributed by atoms with E-state index < -0.39 is 11.7 Å². The Hall–Kier alpha value is -0.740. The van der Waals surface area contributed by atoms with Crippen molar-refractivity contribution >= 4 is 11.6 Å². The molecule has 100 valence electrons. The maximum Gasteiger partial charge on any atom is 0.416 e. The van der Waals surface area contributed by atoms with Gasteiger partial charge in [-0.05, 0) is 30.5 Å². The van der Waals surface area contributed by atoms with Crippen molar-refractivity contribution in [3.8, 4) is 0 Å². The van der Waals surface area contributed by atoms with Gasteiger partial charge in [0.25, 0.3) is 0 Å². The van der Waals surface area contributed by atoms with Crippen LogP contribution in [0.5, 0.6) is 0 Å². The zero-order valence-electron chi connectivity index (χ0n) is 9.71. The summed E-state index contributed by atoms with van der Waals surface area (Å²) in [7, 11) is 0. The van der Waals surface area contributed by atoms with Gasteiger partial charge in [-0.15, -0.1) is 11.6 Å². The molecule has 1 fully saturated rings. The van der Waals surface area contributed by atoms with E-state index in [1.807, 2.05) is 0 Å². The van der Waals surface area contributed by atoms with E-state index in [0.29, 0.717) is 12.5 Å². The van der Waals surface area contributed by atoms with E-state index >= 15 is 0 Å². The van der Waals surface area contributed by atoms with E-state index in [-0.39, 0.29) is 12.0 Å². The van der Waals surface area contributed by atoms with Crippen LogP contribution >= 0.6 is 11.6 Å². The third-order valence-electron chi connectivity index (χ3n) is 3.21. The van der Waals surface area contributed by atoms with Crippen LogP contribution in [-0.2, 0) is 10.9 Å². The van der Waals surface area contributed by atoms with Crippen LogP contribution in [-0.4, -0.2) is 12.5 Å². The van der Waals surface area contributed by atoms with E-state index in [0.717, 1.165) is 30.5 Å². The maximum absolute atomic E-state index is 12.5. The molecule has 1 saturated heterocycles. The fraction of sp³-hybridized carbons (Fsp3) is 0.538. The molecule has 18 heavy (non-hydrogen) atoms. The molecule has 1 nitrogen and oxygen atoms in total. The average molecular weight is 279 g/mol. The van der Waals surface area contributed by atoms with Crippen LogP contribution in [0.15, 0.2) is 24.3 Å². The van der Waals surface area contributed by atoms with Gasteiger partial charge in [-0.2, -0.15) is 13.2 Å². The fourth-order valence-electron chi connectivity index (χ4n) is 2.23. The number of benzene rings is 1. The van der Waals surface area contributed by atoms with Gasteiger partial charge in [-0.1, -0.05) is 12.1 Å². The van der Waals surface area contributed by atoms with Crippen LogP contribution in [0.4, 0.5) is 13.2 Å². The van der Waals surface area contributed by atoms with Gasteiger partial charge in [0.1, 0.15) is 0 Å². The van der Waals surface area contributed by atoms with E-state index in [1.165, 1.54) is 12.1 Å². The van der Waals surface area contributed by atoms with Gasteiger partial charge in [-0.25, -0.2) is 0 Å². The molecule has 0 radical (unpaired) electrons. The summed E-state index contributed by atoms with van der Waals surface area (Å²) in [5.74, 6) is 0.642. The third-order valence-corrected chi connectivity index (χ3v) is 3.61. The highest BCUT2D eigenvalue weighted by Crippen LogP contribution is 2.36. The molecular weight excluding hydrogens is 265 g/mol. The molecule has 0 aromatic heterocycles. The smallest absolute Gasteiger partial charge is 0.373 e. The van der Waals surface area contributed by atoms with Crippen LogP contribution < -0.4 is 0 Å². The van der Waals surface area contributed by atoms with Crippen molar-refractivity contribution in [3.05, 3.63) is 35.4 Å². The molecule has 0 N–H and O–H groups in total. The Morgan fingerprint density at radius 1 is 1.22 bits per heavy atom. The summed E-state index contributed by atoms with van der Waals surface area (Å²) in [5, 5.41) is 0. The normalized spacial score (nSPS) is 25.1. The van der Waals surface area contributed by atoms with Crippen LogP contribution in [0.25, 0.3) is 0 Å². The van der Waals surface area contributed by atoms with Crippen molar-refractivity contribution in [1.29, 1.82) is 0 Å². The van der Waals surface area contributed by atoms with E-state index in [2.05, 4.69) is 0 Å². The Labute approximate surface area is 109 Å². The van der Waals surface area contributed by atoms with Gasteiger partial charge in [0, 0.05) is 18.4 Å². The summed E-state index contributed by atoms with van der Waals surface area (Å²) in [6.07, 6.45) is -2.57. The van der Waals surface area contributed by atoms with Crippen molar-refractivity contribution in [2.24, 2.45) is 5.92 Å². The molecule has 5 heteroatoms. The number of hydrogen-bond donors (Lipinski definition) is 0. The van der Waals surface area contributed by atoms with Crippen LogP contribution in [0.2, 0.25) is 0 Å². The topological polar surface area (TPSA) is 9.23 Å². The molecule has 2 atom stereocenters. The standard InChI is InChI=1S/C13H14ClF3O/c14-8-10-2-1-7-18-12(10)9-3-5-11(6-4-9)13(15,16)17/h3-6,10,12H,1-2,7-8H2.